The number of hydrogen-bond acceptors (Lipinski definition) is 3. The summed E-state index contributed by atoms with van der Waals surface area (Å²) in [6.07, 6.45) is 6.19. The van der Waals surface area contributed by atoms with Crippen molar-refractivity contribution in [1.29, 1.82) is 0 Å². The predicted octanol–water partition coefficient (Wildman–Crippen LogP) is 3.02. The van der Waals surface area contributed by atoms with Gasteiger partial charge in [-0.05, 0) is 24.1 Å². The molecule has 0 amide bonds. The highest BCUT2D eigenvalue weighted by atomic mass is 16.5. The average Bonchev–Trinajstić information content (AvgIpc) is 2.60. The van der Waals surface area contributed by atoms with E-state index in [0.717, 1.165) is 17.5 Å². The quantitative estimate of drug-likeness (QED) is 0.823. The first-order valence-corrected chi connectivity index (χ1v) is 6.23. The van der Waals surface area contributed by atoms with Crippen LogP contribution in [0.3, 0.4) is 0 Å². The van der Waals surface area contributed by atoms with Crippen molar-refractivity contribution >= 4 is 11.5 Å². The van der Waals surface area contributed by atoms with Crippen molar-refractivity contribution in [3.8, 4) is 5.75 Å². The van der Waals surface area contributed by atoms with Crippen molar-refractivity contribution in [2.45, 2.75) is 12.8 Å². The molecule has 94 valence electrons. The van der Waals surface area contributed by atoms with Crippen LogP contribution in [0, 0.1) is 0 Å². The van der Waals surface area contributed by atoms with E-state index in [2.05, 4.69) is 4.98 Å². The van der Waals surface area contributed by atoms with Crippen molar-refractivity contribution in [3.63, 3.8) is 0 Å². The Morgan fingerprint density at radius 1 is 1.05 bits per heavy atom. The molecule has 0 unspecified atom stereocenters. The summed E-state index contributed by atoms with van der Waals surface area (Å²) in [7, 11) is 0. The van der Waals surface area contributed by atoms with E-state index >= 15 is 0 Å². The second kappa shape index (κ2) is 5.06. The highest BCUT2D eigenvalue weighted by molar-refractivity contribution is 5.97. The van der Waals surface area contributed by atoms with Crippen LogP contribution in [0.25, 0.3) is 5.76 Å². The monoisotopic (exact) mass is 251 g/mol. The van der Waals surface area contributed by atoms with Crippen molar-refractivity contribution < 1.29 is 9.53 Å². The lowest BCUT2D eigenvalue weighted by molar-refractivity contribution is -0.114. The molecule has 0 spiro atoms. The predicted molar refractivity (Wildman–Crippen MR) is 72.6 cm³/mol. The van der Waals surface area contributed by atoms with Gasteiger partial charge >= 0.3 is 0 Å². The van der Waals surface area contributed by atoms with Gasteiger partial charge in [0.1, 0.15) is 11.5 Å². The molecule has 1 aromatic carbocycles. The van der Waals surface area contributed by atoms with Gasteiger partial charge in [0.05, 0.1) is 6.20 Å². The first kappa shape index (κ1) is 11.7. The highest BCUT2D eigenvalue weighted by Gasteiger charge is 2.16. The minimum absolute atomic E-state index is 0.0927. The largest absolute Gasteiger partial charge is 0.455 e. The zero-order chi connectivity index (χ0) is 13.1. The molecule has 1 aliphatic rings. The molecular formula is C16H13NO2. The lowest BCUT2D eigenvalue weighted by Crippen LogP contribution is -1.98. The van der Waals surface area contributed by atoms with Crippen LogP contribution in [0.5, 0.6) is 5.75 Å². The van der Waals surface area contributed by atoms with E-state index < -0.39 is 0 Å². The molecular weight excluding hydrogens is 238 g/mol. The number of carbonyl (C=O) groups is 1. The third kappa shape index (κ3) is 2.55. The van der Waals surface area contributed by atoms with Gasteiger partial charge in [-0.2, -0.15) is 0 Å². The number of ether oxygens (including phenoxy) is 1. The molecule has 1 heterocycles. The average molecular weight is 251 g/mol. The molecule has 2 aromatic rings. The Balaban J connectivity index is 2.00. The molecule has 0 aliphatic heterocycles. The summed E-state index contributed by atoms with van der Waals surface area (Å²) >= 11 is 0. The molecule has 0 saturated heterocycles. The minimum Gasteiger partial charge on any atom is -0.455 e. The number of ketones is 1. The maximum Gasteiger partial charge on any atom is 0.159 e. The molecule has 3 nitrogen and oxygen atoms in total. The van der Waals surface area contributed by atoms with Gasteiger partial charge in [-0.15, -0.1) is 0 Å². The molecule has 1 aliphatic carbocycles. The summed E-state index contributed by atoms with van der Waals surface area (Å²) in [4.78, 5) is 15.8. The van der Waals surface area contributed by atoms with E-state index in [1.54, 1.807) is 24.5 Å². The number of fused-ring (bicyclic) bond motifs is 1. The summed E-state index contributed by atoms with van der Waals surface area (Å²) in [5.74, 6) is 1.33. The van der Waals surface area contributed by atoms with Gasteiger partial charge in [0.25, 0.3) is 0 Å². The smallest absolute Gasteiger partial charge is 0.159 e. The Bertz CT molecular complexity index is 632. The second-order valence-corrected chi connectivity index (χ2v) is 4.42. The van der Waals surface area contributed by atoms with Gasteiger partial charge in [0.2, 0.25) is 0 Å². The Labute approximate surface area is 111 Å². The first-order valence-electron chi connectivity index (χ1n) is 6.23. The lowest BCUT2D eigenvalue weighted by atomic mass is 10.0. The number of rotatable bonds is 2. The number of hydrogen-bond donors (Lipinski definition) is 0. The molecule has 0 bridgehead atoms. The Morgan fingerprint density at radius 3 is 2.79 bits per heavy atom. The normalized spacial score (nSPS) is 14.3. The third-order valence-corrected chi connectivity index (χ3v) is 3.08. The third-order valence-electron chi connectivity index (χ3n) is 3.08. The van der Waals surface area contributed by atoms with Crippen LogP contribution < -0.4 is 4.74 Å². The number of nitrogens with zero attached hydrogens (tertiary/aromatic N) is 1. The summed E-state index contributed by atoms with van der Waals surface area (Å²) < 4.78 is 5.81. The van der Waals surface area contributed by atoms with Crippen LogP contribution >= 0.6 is 0 Å². The molecule has 0 radical (unpaired) electrons. The number of carbonyl (C=O) groups excluding carboxylic acids is 1. The Kier molecular flexibility index (Phi) is 3.11. The Hall–Kier alpha value is -2.42. The van der Waals surface area contributed by atoms with Crippen LogP contribution in [0.4, 0.5) is 0 Å². The summed E-state index contributed by atoms with van der Waals surface area (Å²) in [6.45, 7) is 0. The number of benzene rings is 1. The van der Waals surface area contributed by atoms with Gasteiger partial charge in [0.15, 0.2) is 5.78 Å². The van der Waals surface area contributed by atoms with Crippen molar-refractivity contribution in [2.24, 2.45) is 0 Å². The van der Waals surface area contributed by atoms with E-state index in [1.807, 2.05) is 30.3 Å². The number of allylic oxidation sites excluding steroid dienone is 1. The minimum atomic E-state index is 0.0927. The fraction of sp³-hybridized carbons (Fsp3) is 0.125. The van der Waals surface area contributed by atoms with Gasteiger partial charge in [-0.1, -0.05) is 24.3 Å². The van der Waals surface area contributed by atoms with E-state index in [4.69, 9.17) is 4.74 Å². The summed E-state index contributed by atoms with van der Waals surface area (Å²) in [5.41, 5.74) is 2.13. The van der Waals surface area contributed by atoms with Crippen molar-refractivity contribution in [1.82, 2.24) is 4.98 Å². The number of pyridine rings is 1. The molecule has 1 aromatic heterocycles. The van der Waals surface area contributed by atoms with E-state index in [9.17, 15) is 4.79 Å². The second-order valence-electron chi connectivity index (χ2n) is 4.42. The van der Waals surface area contributed by atoms with Crippen LogP contribution in [0.2, 0.25) is 0 Å². The number of aryl methyl sites for hydroxylation is 1. The van der Waals surface area contributed by atoms with Crippen LogP contribution in [-0.4, -0.2) is 10.8 Å². The van der Waals surface area contributed by atoms with Crippen LogP contribution in [-0.2, 0) is 11.2 Å². The van der Waals surface area contributed by atoms with Gasteiger partial charge in [0, 0.05) is 24.3 Å². The fourth-order valence-electron chi connectivity index (χ4n) is 2.15. The van der Waals surface area contributed by atoms with Crippen LogP contribution in [0.15, 0.2) is 54.9 Å². The van der Waals surface area contributed by atoms with Gasteiger partial charge < -0.3 is 4.74 Å². The molecule has 3 heteroatoms. The molecule has 0 fully saturated rings. The molecule has 0 N–H and O–H groups in total. The van der Waals surface area contributed by atoms with E-state index in [0.29, 0.717) is 17.9 Å². The maximum atomic E-state index is 11.8. The van der Waals surface area contributed by atoms with E-state index in [1.165, 1.54) is 0 Å². The molecule has 19 heavy (non-hydrogen) atoms. The summed E-state index contributed by atoms with van der Waals surface area (Å²) in [6, 6.07) is 11.6. The molecule has 3 rings (SSSR count). The molecule has 0 atom stereocenters. The lowest BCUT2D eigenvalue weighted by Gasteiger charge is -2.11. The number of aromatic nitrogens is 1. The fourth-order valence-corrected chi connectivity index (χ4v) is 2.15. The maximum absolute atomic E-state index is 11.8. The first-order chi connectivity index (χ1) is 9.33. The van der Waals surface area contributed by atoms with E-state index in [-0.39, 0.29) is 5.78 Å². The van der Waals surface area contributed by atoms with Gasteiger partial charge in [-0.3, -0.25) is 9.78 Å². The van der Waals surface area contributed by atoms with Gasteiger partial charge in [-0.25, -0.2) is 0 Å². The zero-order valence-corrected chi connectivity index (χ0v) is 10.4. The standard InChI is InChI=1S/C16H13NO2/c18-13-8-7-12-4-1-2-6-15(12)16(10-13)19-14-5-3-9-17-11-14/h1-6,9-11H,7-8H2. The van der Waals surface area contributed by atoms with Crippen molar-refractivity contribution in [3.05, 3.63) is 66.0 Å². The van der Waals surface area contributed by atoms with Crippen molar-refractivity contribution in [2.75, 3.05) is 0 Å². The Morgan fingerprint density at radius 2 is 1.95 bits per heavy atom. The highest BCUT2D eigenvalue weighted by Crippen LogP contribution is 2.26. The zero-order valence-electron chi connectivity index (χ0n) is 10.4. The topological polar surface area (TPSA) is 39.2 Å². The summed E-state index contributed by atoms with van der Waals surface area (Å²) in [5, 5.41) is 0. The molecule has 0 saturated carbocycles. The SMILES string of the molecule is O=C1C=C(Oc2cccnc2)c2ccccc2CC1. The van der Waals surface area contributed by atoms with Crippen LogP contribution in [0.1, 0.15) is 17.5 Å².